The van der Waals surface area contributed by atoms with E-state index in [1.165, 1.54) is 6.20 Å². The Hall–Kier alpha value is -3.53. The predicted octanol–water partition coefficient (Wildman–Crippen LogP) is 3.48. The van der Waals surface area contributed by atoms with Crippen LogP contribution in [0.3, 0.4) is 0 Å². The Morgan fingerprint density at radius 3 is 2.61 bits per heavy atom. The minimum absolute atomic E-state index is 0.295. The molecule has 1 aromatic heterocycles. The normalized spacial score (nSPS) is 13.5. The van der Waals surface area contributed by atoms with Gasteiger partial charge in [0.05, 0.1) is 29.9 Å². The predicted molar refractivity (Wildman–Crippen MR) is 123 cm³/mol. The molecule has 0 amide bonds. The molecule has 0 saturated heterocycles. The number of hydrogen-bond donors (Lipinski definition) is 3. The fraction of sp³-hybridized carbons (Fsp3) is 0.238. The van der Waals surface area contributed by atoms with Gasteiger partial charge in [0.15, 0.2) is 5.82 Å². The van der Waals surface area contributed by atoms with Crippen molar-refractivity contribution in [3.05, 3.63) is 54.7 Å². The molecule has 0 bridgehead atoms. The smallest absolute Gasteiger partial charge is 0.235 e. The van der Waals surface area contributed by atoms with E-state index in [1.54, 1.807) is 25.3 Å². The van der Waals surface area contributed by atoms with Gasteiger partial charge < -0.3 is 20.7 Å². The third kappa shape index (κ3) is 4.80. The molecule has 162 valence electrons. The van der Waals surface area contributed by atoms with E-state index in [4.69, 9.17) is 10.5 Å². The molecule has 3 aromatic rings. The van der Waals surface area contributed by atoms with Crippen LogP contribution < -0.4 is 25.4 Å². The van der Waals surface area contributed by atoms with Crippen LogP contribution in [-0.4, -0.2) is 37.8 Å². The first-order chi connectivity index (χ1) is 14.9. The minimum atomic E-state index is -3.34. The Bertz CT molecular complexity index is 1200. The Labute approximate surface area is 181 Å². The molecule has 0 aliphatic heterocycles. The highest BCUT2D eigenvalue weighted by atomic mass is 32.2. The van der Waals surface area contributed by atoms with Crippen LogP contribution >= 0.6 is 0 Å². The highest BCUT2D eigenvalue weighted by molar-refractivity contribution is 7.93. The van der Waals surface area contributed by atoms with Crippen molar-refractivity contribution in [2.24, 2.45) is 0 Å². The molecule has 1 fully saturated rings. The van der Waals surface area contributed by atoms with Crippen molar-refractivity contribution >= 4 is 44.5 Å². The van der Waals surface area contributed by atoms with Gasteiger partial charge in [0.1, 0.15) is 5.75 Å². The molecule has 0 unspecified atom stereocenters. The number of rotatable bonds is 8. The van der Waals surface area contributed by atoms with Crippen molar-refractivity contribution in [1.29, 1.82) is 0 Å². The Kier molecular flexibility index (Phi) is 5.55. The van der Waals surface area contributed by atoms with Crippen molar-refractivity contribution in [2.45, 2.75) is 18.1 Å². The number of nitrogen functional groups attached to an aromatic ring is 1. The molecule has 0 atom stereocenters. The van der Waals surface area contributed by atoms with Crippen LogP contribution in [0.4, 0.5) is 34.5 Å². The van der Waals surface area contributed by atoms with Crippen molar-refractivity contribution in [1.82, 2.24) is 9.97 Å². The van der Waals surface area contributed by atoms with E-state index >= 15 is 0 Å². The van der Waals surface area contributed by atoms with Gasteiger partial charge in [-0.3, -0.25) is 4.72 Å². The van der Waals surface area contributed by atoms with Crippen LogP contribution in [0.15, 0.2) is 54.7 Å². The van der Waals surface area contributed by atoms with E-state index in [1.807, 2.05) is 42.3 Å². The number of methoxy groups -OCH3 is 1. The molecule has 1 heterocycles. The van der Waals surface area contributed by atoms with Gasteiger partial charge in [-0.15, -0.1) is 0 Å². The molecule has 9 nitrogen and oxygen atoms in total. The summed E-state index contributed by atoms with van der Waals surface area (Å²) in [5.41, 5.74) is 8.43. The van der Waals surface area contributed by atoms with Gasteiger partial charge in [-0.05, 0) is 43.2 Å². The number of nitrogens with zero attached hydrogens (tertiary/aromatic N) is 3. The molecule has 1 aliphatic rings. The van der Waals surface area contributed by atoms with Crippen LogP contribution in [0.25, 0.3) is 0 Å². The molecule has 1 saturated carbocycles. The molecule has 4 rings (SSSR count). The Balaban J connectivity index is 1.56. The number of aromatic nitrogens is 2. The van der Waals surface area contributed by atoms with E-state index in [2.05, 4.69) is 20.0 Å². The number of benzene rings is 2. The third-order valence-corrected chi connectivity index (χ3v) is 6.76. The fourth-order valence-corrected chi connectivity index (χ4v) is 4.38. The number of sulfonamides is 1. The summed E-state index contributed by atoms with van der Waals surface area (Å²) in [6, 6.07) is 14.5. The first kappa shape index (κ1) is 20.7. The van der Waals surface area contributed by atoms with Crippen LogP contribution in [0, 0.1) is 0 Å². The van der Waals surface area contributed by atoms with E-state index in [9.17, 15) is 8.42 Å². The lowest BCUT2D eigenvalue weighted by Gasteiger charge is -2.19. The molecule has 1 aliphatic carbocycles. The Morgan fingerprint density at radius 2 is 1.87 bits per heavy atom. The van der Waals surface area contributed by atoms with Gasteiger partial charge in [0, 0.05) is 24.5 Å². The third-order valence-electron chi connectivity index (χ3n) is 4.89. The standard InChI is InChI=1S/C21H24N6O3S/c1-27(16-7-4-8-17(12-16)30-2)21-23-13-19(22)20(25-21)24-14-5-3-6-15(11-14)26-31(28,29)18-9-10-18/h3-8,11-13,18,26H,9-10,22H2,1-2H3,(H,23,24,25). The average molecular weight is 441 g/mol. The van der Waals surface area contributed by atoms with E-state index in [-0.39, 0.29) is 5.25 Å². The summed E-state index contributed by atoms with van der Waals surface area (Å²) in [4.78, 5) is 10.7. The highest BCUT2D eigenvalue weighted by Gasteiger charge is 2.35. The molecular weight excluding hydrogens is 416 g/mol. The molecule has 2 aromatic carbocycles. The summed E-state index contributed by atoms with van der Waals surface area (Å²) in [7, 11) is 0.118. The SMILES string of the molecule is COc1cccc(N(C)c2ncc(N)c(Nc3cccc(NS(=O)(=O)C4CC4)c3)n2)c1. The first-order valence-electron chi connectivity index (χ1n) is 9.75. The molecule has 31 heavy (non-hydrogen) atoms. The summed E-state index contributed by atoms with van der Waals surface area (Å²) >= 11 is 0. The quantitative estimate of drug-likeness (QED) is 0.487. The molecule has 4 N–H and O–H groups in total. The summed E-state index contributed by atoms with van der Waals surface area (Å²) in [5, 5.41) is 2.86. The zero-order chi connectivity index (χ0) is 22.0. The van der Waals surface area contributed by atoms with Crippen LogP contribution in [0.2, 0.25) is 0 Å². The number of ether oxygens (including phenoxy) is 1. The van der Waals surface area contributed by atoms with Crippen molar-refractivity contribution < 1.29 is 13.2 Å². The Morgan fingerprint density at radius 1 is 1.13 bits per heavy atom. The monoisotopic (exact) mass is 440 g/mol. The number of hydrogen-bond acceptors (Lipinski definition) is 8. The van der Waals surface area contributed by atoms with Gasteiger partial charge in [-0.25, -0.2) is 13.4 Å². The minimum Gasteiger partial charge on any atom is -0.497 e. The van der Waals surface area contributed by atoms with Crippen LogP contribution in [-0.2, 0) is 10.0 Å². The molecule has 0 radical (unpaired) electrons. The summed E-state index contributed by atoms with van der Waals surface area (Å²) in [5.74, 6) is 1.58. The number of anilines is 6. The van der Waals surface area contributed by atoms with Crippen molar-refractivity contribution in [3.63, 3.8) is 0 Å². The summed E-state index contributed by atoms with van der Waals surface area (Å²) in [6.07, 6.45) is 2.93. The zero-order valence-electron chi connectivity index (χ0n) is 17.2. The zero-order valence-corrected chi connectivity index (χ0v) is 18.1. The lowest BCUT2D eigenvalue weighted by Crippen LogP contribution is -2.17. The highest BCUT2D eigenvalue weighted by Crippen LogP contribution is 2.31. The largest absolute Gasteiger partial charge is 0.497 e. The van der Waals surface area contributed by atoms with Gasteiger partial charge in [-0.2, -0.15) is 4.98 Å². The summed E-state index contributed by atoms with van der Waals surface area (Å²) in [6.45, 7) is 0. The van der Waals surface area contributed by atoms with Crippen molar-refractivity contribution in [2.75, 3.05) is 34.8 Å². The average Bonchev–Trinajstić information content (AvgIpc) is 3.61. The summed E-state index contributed by atoms with van der Waals surface area (Å²) < 4.78 is 32.3. The molecule has 0 spiro atoms. The van der Waals surface area contributed by atoms with Crippen molar-refractivity contribution in [3.8, 4) is 5.75 Å². The van der Waals surface area contributed by atoms with Crippen LogP contribution in [0.1, 0.15) is 12.8 Å². The second-order valence-corrected chi connectivity index (χ2v) is 9.25. The van der Waals surface area contributed by atoms with Gasteiger partial charge in [0.2, 0.25) is 16.0 Å². The number of nitrogens with one attached hydrogen (secondary N) is 2. The maximum Gasteiger partial charge on any atom is 0.235 e. The van der Waals surface area contributed by atoms with Gasteiger partial charge >= 0.3 is 0 Å². The van der Waals surface area contributed by atoms with E-state index < -0.39 is 10.0 Å². The van der Waals surface area contributed by atoms with E-state index in [0.717, 1.165) is 11.4 Å². The molecular formula is C21H24N6O3S. The second kappa shape index (κ2) is 8.31. The van der Waals surface area contributed by atoms with Gasteiger partial charge in [0.25, 0.3) is 0 Å². The topological polar surface area (TPSA) is 122 Å². The number of nitrogens with two attached hydrogens (primary N) is 1. The lowest BCUT2D eigenvalue weighted by atomic mass is 10.3. The lowest BCUT2D eigenvalue weighted by molar-refractivity contribution is 0.415. The second-order valence-electron chi connectivity index (χ2n) is 7.29. The van der Waals surface area contributed by atoms with Gasteiger partial charge in [-0.1, -0.05) is 12.1 Å². The van der Waals surface area contributed by atoms with E-state index in [0.29, 0.717) is 41.7 Å². The first-order valence-corrected chi connectivity index (χ1v) is 11.3. The fourth-order valence-electron chi connectivity index (χ4n) is 3.00. The van der Waals surface area contributed by atoms with Crippen LogP contribution in [0.5, 0.6) is 5.75 Å². The maximum atomic E-state index is 12.2. The molecule has 10 heteroatoms. The maximum absolute atomic E-state index is 12.2.